The molecule has 0 spiro atoms. The van der Waals surface area contributed by atoms with E-state index >= 15 is 0 Å². The van der Waals surface area contributed by atoms with Gasteiger partial charge in [0, 0.05) is 11.6 Å². The second kappa shape index (κ2) is 4.20. The van der Waals surface area contributed by atoms with Crippen LogP contribution in [-0.2, 0) is 4.79 Å². The van der Waals surface area contributed by atoms with Gasteiger partial charge in [-0.25, -0.2) is 0 Å². The summed E-state index contributed by atoms with van der Waals surface area (Å²) in [6.07, 6.45) is 1.91. The molecule has 1 aromatic carbocycles. The SMILES string of the molecule is CC1(C)C=NN(c2ccccc2)C1CC(=O)O. The molecule has 0 saturated heterocycles. The van der Waals surface area contributed by atoms with E-state index in [-0.39, 0.29) is 17.9 Å². The number of carboxylic acid groups (broad SMARTS) is 1. The topological polar surface area (TPSA) is 52.9 Å². The predicted molar refractivity (Wildman–Crippen MR) is 67.2 cm³/mol. The van der Waals surface area contributed by atoms with Crippen LogP contribution in [0.3, 0.4) is 0 Å². The Morgan fingerprint density at radius 3 is 2.65 bits per heavy atom. The summed E-state index contributed by atoms with van der Waals surface area (Å²) < 4.78 is 0. The lowest BCUT2D eigenvalue weighted by molar-refractivity contribution is -0.137. The van der Waals surface area contributed by atoms with Gasteiger partial charge in [-0.05, 0) is 12.1 Å². The van der Waals surface area contributed by atoms with Crippen molar-refractivity contribution in [2.24, 2.45) is 10.5 Å². The molecule has 1 heterocycles. The van der Waals surface area contributed by atoms with Crippen molar-refractivity contribution in [3.05, 3.63) is 30.3 Å². The van der Waals surface area contributed by atoms with Crippen LogP contribution in [0.2, 0.25) is 0 Å². The lowest BCUT2D eigenvalue weighted by Crippen LogP contribution is -2.39. The molecule has 0 bridgehead atoms. The molecule has 1 aromatic rings. The number of aliphatic carboxylic acids is 1. The zero-order valence-corrected chi connectivity index (χ0v) is 10.00. The summed E-state index contributed by atoms with van der Waals surface area (Å²) in [7, 11) is 0. The van der Waals surface area contributed by atoms with Crippen LogP contribution < -0.4 is 5.01 Å². The Balaban J connectivity index is 2.28. The standard InChI is InChI=1S/C13H16N2O2/c1-13(2)9-14-15(11(13)8-12(16)17)10-6-4-3-5-7-10/h3-7,9,11H,8H2,1-2H3,(H,16,17). The zero-order chi connectivity index (χ0) is 12.5. The molecule has 17 heavy (non-hydrogen) atoms. The number of hydrogen-bond acceptors (Lipinski definition) is 3. The summed E-state index contributed by atoms with van der Waals surface area (Å²) >= 11 is 0. The molecule has 90 valence electrons. The maximum Gasteiger partial charge on any atom is 0.305 e. The van der Waals surface area contributed by atoms with Crippen molar-refractivity contribution in [3.63, 3.8) is 0 Å². The molecule has 1 aliphatic heterocycles. The van der Waals surface area contributed by atoms with Gasteiger partial charge in [0.1, 0.15) is 0 Å². The fourth-order valence-corrected chi connectivity index (χ4v) is 2.03. The lowest BCUT2D eigenvalue weighted by Gasteiger charge is -2.30. The van der Waals surface area contributed by atoms with E-state index < -0.39 is 5.97 Å². The summed E-state index contributed by atoms with van der Waals surface area (Å²) in [5.74, 6) is -0.797. The third-order valence-corrected chi connectivity index (χ3v) is 3.06. The first-order valence-corrected chi connectivity index (χ1v) is 5.62. The van der Waals surface area contributed by atoms with Crippen molar-refractivity contribution in [2.45, 2.75) is 26.3 Å². The van der Waals surface area contributed by atoms with Crippen LogP contribution in [0.25, 0.3) is 0 Å². The summed E-state index contributed by atoms with van der Waals surface area (Å²) in [5, 5.41) is 15.1. The van der Waals surface area contributed by atoms with Gasteiger partial charge in [0.05, 0.1) is 18.2 Å². The van der Waals surface area contributed by atoms with Gasteiger partial charge in [0.25, 0.3) is 0 Å². The minimum absolute atomic E-state index is 0.0852. The van der Waals surface area contributed by atoms with Crippen LogP contribution in [0.1, 0.15) is 20.3 Å². The summed E-state index contributed by atoms with van der Waals surface area (Å²) in [6.45, 7) is 4.01. The third-order valence-electron chi connectivity index (χ3n) is 3.06. The van der Waals surface area contributed by atoms with Crippen molar-refractivity contribution in [2.75, 3.05) is 5.01 Å². The second-order valence-electron chi connectivity index (χ2n) is 4.86. The molecule has 0 amide bonds. The normalized spacial score (nSPS) is 21.8. The van der Waals surface area contributed by atoms with Gasteiger partial charge in [0.15, 0.2) is 0 Å². The van der Waals surface area contributed by atoms with E-state index in [0.29, 0.717) is 0 Å². The first-order valence-electron chi connectivity index (χ1n) is 5.62. The monoisotopic (exact) mass is 232 g/mol. The maximum atomic E-state index is 10.9. The number of rotatable bonds is 3. The van der Waals surface area contributed by atoms with E-state index in [4.69, 9.17) is 5.11 Å². The first-order chi connectivity index (χ1) is 8.00. The summed E-state index contributed by atoms with van der Waals surface area (Å²) in [4.78, 5) is 10.9. The van der Waals surface area contributed by atoms with Crippen molar-refractivity contribution < 1.29 is 9.90 Å². The van der Waals surface area contributed by atoms with Gasteiger partial charge >= 0.3 is 5.97 Å². The van der Waals surface area contributed by atoms with Gasteiger partial charge in [-0.2, -0.15) is 5.10 Å². The Morgan fingerprint density at radius 1 is 1.41 bits per heavy atom. The van der Waals surface area contributed by atoms with Crippen molar-refractivity contribution in [1.29, 1.82) is 0 Å². The molecule has 0 aliphatic carbocycles. The molecule has 0 fully saturated rings. The molecule has 0 saturated carbocycles. The molecule has 2 rings (SSSR count). The van der Waals surface area contributed by atoms with Gasteiger partial charge in [-0.3, -0.25) is 9.80 Å². The van der Waals surface area contributed by atoms with Gasteiger partial charge in [0.2, 0.25) is 0 Å². The maximum absolute atomic E-state index is 10.9. The van der Waals surface area contributed by atoms with E-state index in [1.165, 1.54) is 0 Å². The molecule has 1 N–H and O–H groups in total. The van der Waals surface area contributed by atoms with E-state index in [2.05, 4.69) is 5.10 Å². The lowest BCUT2D eigenvalue weighted by atomic mass is 9.84. The minimum Gasteiger partial charge on any atom is -0.481 e. The highest BCUT2D eigenvalue weighted by atomic mass is 16.4. The molecule has 4 nitrogen and oxygen atoms in total. The Morgan fingerprint density at radius 2 is 2.06 bits per heavy atom. The number of anilines is 1. The van der Waals surface area contributed by atoms with E-state index in [0.717, 1.165) is 5.69 Å². The van der Waals surface area contributed by atoms with Crippen molar-refractivity contribution >= 4 is 17.9 Å². The second-order valence-corrected chi connectivity index (χ2v) is 4.86. The van der Waals surface area contributed by atoms with Crippen LogP contribution in [0, 0.1) is 5.41 Å². The largest absolute Gasteiger partial charge is 0.481 e. The highest BCUT2D eigenvalue weighted by Crippen LogP contribution is 2.34. The van der Waals surface area contributed by atoms with Gasteiger partial charge in [-0.1, -0.05) is 32.0 Å². The highest BCUT2D eigenvalue weighted by molar-refractivity contribution is 5.77. The van der Waals surface area contributed by atoms with Crippen LogP contribution in [-0.4, -0.2) is 23.3 Å². The van der Waals surface area contributed by atoms with E-state index in [1.54, 1.807) is 5.01 Å². The first kappa shape index (κ1) is 11.6. The number of hydrazone groups is 1. The van der Waals surface area contributed by atoms with Crippen LogP contribution in [0.4, 0.5) is 5.69 Å². The number of nitrogens with zero attached hydrogens (tertiary/aromatic N) is 2. The molecule has 0 aromatic heterocycles. The molecular formula is C13H16N2O2. The minimum atomic E-state index is -0.797. The molecule has 4 heteroatoms. The highest BCUT2D eigenvalue weighted by Gasteiger charge is 2.39. The third kappa shape index (κ3) is 2.30. The molecule has 0 radical (unpaired) electrons. The Labute approximate surface area is 101 Å². The van der Waals surface area contributed by atoms with E-state index in [9.17, 15) is 4.79 Å². The van der Waals surface area contributed by atoms with Crippen LogP contribution in [0.15, 0.2) is 35.4 Å². The van der Waals surface area contributed by atoms with Crippen LogP contribution >= 0.6 is 0 Å². The summed E-state index contributed by atoms with van der Waals surface area (Å²) in [5.41, 5.74) is 0.703. The Kier molecular flexibility index (Phi) is 2.88. The number of para-hydroxylation sites is 1. The van der Waals surface area contributed by atoms with Crippen molar-refractivity contribution in [1.82, 2.24) is 0 Å². The fraction of sp³-hybridized carbons (Fsp3) is 0.385. The quantitative estimate of drug-likeness (QED) is 0.870. The number of carbonyl (C=O) groups is 1. The Hall–Kier alpha value is -1.84. The van der Waals surface area contributed by atoms with Gasteiger partial charge in [-0.15, -0.1) is 0 Å². The van der Waals surface area contributed by atoms with Crippen molar-refractivity contribution in [3.8, 4) is 0 Å². The van der Waals surface area contributed by atoms with E-state index in [1.807, 2.05) is 50.4 Å². The number of hydrogen-bond donors (Lipinski definition) is 1. The number of benzene rings is 1. The fourth-order valence-electron chi connectivity index (χ4n) is 2.03. The van der Waals surface area contributed by atoms with Gasteiger partial charge < -0.3 is 5.11 Å². The molecule has 1 aliphatic rings. The van der Waals surface area contributed by atoms with Crippen LogP contribution in [0.5, 0.6) is 0 Å². The average molecular weight is 232 g/mol. The molecule has 1 unspecified atom stereocenters. The molecule has 1 atom stereocenters. The average Bonchev–Trinajstić information content (AvgIpc) is 2.56. The molecular weight excluding hydrogens is 216 g/mol. The summed E-state index contributed by atoms with van der Waals surface area (Å²) in [6, 6.07) is 9.52. The number of carboxylic acids is 1. The Bertz CT molecular complexity index is 440. The smallest absolute Gasteiger partial charge is 0.305 e. The predicted octanol–water partition coefficient (Wildman–Crippen LogP) is 2.36. The zero-order valence-electron chi connectivity index (χ0n) is 10.00.